The first kappa shape index (κ1) is 17.7. The van der Waals surface area contributed by atoms with Crippen molar-refractivity contribution in [3.8, 4) is 0 Å². The van der Waals surface area contributed by atoms with E-state index in [1.54, 1.807) is 6.20 Å². The topological polar surface area (TPSA) is 59.0 Å². The van der Waals surface area contributed by atoms with Crippen molar-refractivity contribution < 1.29 is 4.79 Å². The molecule has 0 aliphatic heterocycles. The summed E-state index contributed by atoms with van der Waals surface area (Å²) in [5.41, 5.74) is 4.28. The molecule has 0 radical (unpaired) electrons. The Bertz CT molecular complexity index is 821. The van der Waals surface area contributed by atoms with Crippen molar-refractivity contribution in [3.63, 3.8) is 0 Å². The van der Waals surface area contributed by atoms with Gasteiger partial charge in [0.25, 0.3) is 0 Å². The molecule has 0 aliphatic carbocycles. The fraction of sp³-hybridized carbons (Fsp3) is 0.238. The summed E-state index contributed by atoms with van der Waals surface area (Å²) in [6.45, 7) is 5.52. The third-order valence-electron chi connectivity index (χ3n) is 4.22. The highest BCUT2D eigenvalue weighted by Crippen LogP contribution is 2.17. The van der Waals surface area contributed by atoms with E-state index in [4.69, 9.17) is 0 Å². The van der Waals surface area contributed by atoms with Crippen molar-refractivity contribution in [2.75, 3.05) is 5.32 Å². The van der Waals surface area contributed by atoms with Gasteiger partial charge in [-0.05, 0) is 40.8 Å². The van der Waals surface area contributed by atoms with E-state index in [9.17, 15) is 4.79 Å². The maximum Gasteiger partial charge on any atom is 0.319 e. The number of hydrogen-bond acceptors (Lipinski definition) is 2. The smallest absolute Gasteiger partial charge is 0.319 e. The Morgan fingerprint density at radius 3 is 2.35 bits per heavy atom. The first-order valence-electron chi connectivity index (χ1n) is 8.80. The number of hydrogen-bond donors (Lipinski definition) is 2. The summed E-state index contributed by atoms with van der Waals surface area (Å²) in [6.07, 6.45) is 3.71. The molecule has 0 bridgehead atoms. The molecule has 0 saturated heterocycles. The molecule has 2 amide bonds. The van der Waals surface area contributed by atoms with Crippen molar-refractivity contribution >= 4 is 11.7 Å². The third-order valence-corrected chi connectivity index (χ3v) is 4.22. The van der Waals surface area contributed by atoms with Gasteiger partial charge in [-0.25, -0.2) is 4.79 Å². The lowest BCUT2D eigenvalue weighted by Gasteiger charge is -2.10. The monoisotopic (exact) mass is 348 g/mol. The maximum atomic E-state index is 12.0. The van der Waals surface area contributed by atoms with Gasteiger partial charge in [-0.3, -0.25) is 4.68 Å². The molecule has 0 unspecified atom stereocenters. The molecule has 26 heavy (non-hydrogen) atoms. The molecule has 0 fully saturated rings. The predicted octanol–water partition coefficient (Wildman–Crippen LogP) is 4.38. The molecule has 0 atom stereocenters. The number of amides is 2. The minimum absolute atomic E-state index is 0.206. The summed E-state index contributed by atoms with van der Waals surface area (Å²) in [7, 11) is 0. The lowest BCUT2D eigenvalue weighted by molar-refractivity contribution is 0.251. The largest absolute Gasteiger partial charge is 0.334 e. The van der Waals surface area contributed by atoms with Crippen LogP contribution in [0.25, 0.3) is 0 Å². The van der Waals surface area contributed by atoms with Crippen molar-refractivity contribution in [2.45, 2.75) is 32.9 Å². The summed E-state index contributed by atoms with van der Waals surface area (Å²) in [6, 6.07) is 17.8. The highest BCUT2D eigenvalue weighted by atomic mass is 16.2. The summed E-state index contributed by atoms with van der Waals surface area (Å²) in [5.74, 6) is 0.481. The van der Waals surface area contributed by atoms with Crippen molar-refractivity contribution in [1.82, 2.24) is 15.1 Å². The molecule has 1 aromatic heterocycles. The maximum absolute atomic E-state index is 12.0. The highest BCUT2D eigenvalue weighted by molar-refractivity contribution is 5.89. The molecule has 134 valence electrons. The molecular formula is C21H24N4O. The Balaban J connectivity index is 1.48. The van der Waals surface area contributed by atoms with E-state index in [-0.39, 0.29) is 6.03 Å². The Hall–Kier alpha value is -3.08. The number of nitrogens with zero attached hydrogens (tertiary/aromatic N) is 2. The van der Waals surface area contributed by atoms with Crippen molar-refractivity contribution in [2.24, 2.45) is 0 Å². The fourth-order valence-corrected chi connectivity index (χ4v) is 2.65. The first-order valence-corrected chi connectivity index (χ1v) is 8.80. The summed E-state index contributed by atoms with van der Waals surface area (Å²) >= 11 is 0. The molecular weight excluding hydrogens is 324 g/mol. The van der Waals surface area contributed by atoms with Gasteiger partial charge in [-0.15, -0.1) is 0 Å². The predicted molar refractivity (Wildman–Crippen MR) is 104 cm³/mol. The van der Waals surface area contributed by atoms with Crippen molar-refractivity contribution in [1.29, 1.82) is 0 Å². The molecule has 3 rings (SSSR count). The van der Waals surface area contributed by atoms with Gasteiger partial charge in [0.2, 0.25) is 0 Å². The molecule has 0 aliphatic rings. The van der Waals surface area contributed by atoms with Crippen LogP contribution in [0.15, 0.2) is 67.0 Å². The zero-order valence-corrected chi connectivity index (χ0v) is 15.1. The number of carbonyl (C=O) groups excluding carboxylic acids is 1. The first-order chi connectivity index (χ1) is 12.6. The van der Waals surface area contributed by atoms with E-state index in [1.807, 2.05) is 53.3 Å². The van der Waals surface area contributed by atoms with Gasteiger partial charge in [0.1, 0.15) is 0 Å². The Labute approximate surface area is 154 Å². The van der Waals surface area contributed by atoms with Crippen LogP contribution in [-0.4, -0.2) is 15.8 Å². The zero-order valence-electron chi connectivity index (χ0n) is 15.1. The van der Waals surface area contributed by atoms with Crippen LogP contribution in [0.4, 0.5) is 10.5 Å². The Morgan fingerprint density at radius 2 is 1.73 bits per heavy atom. The third kappa shape index (κ3) is 4.96. The molecule has 1 heterocycles. The van der Waals surface area contributed by atoms with Crippen LogP contribution in [-0.2, 0) is 13.1 Å². The molecule has 5 heteroatoms. The number of rotatable bonds is 6. The minimum Gasteiger partial charge on any atom is -0.334 e. The number of aromatic nitrogens is 2. The van der Waals surface area contributed by atoms with Crippen molar-refractivity contribution in [3.05, 3.63) is 83.7 Å². The second-order valence-electron chi connectivity index (χ2n) is 6.60. The molecule has 2 aromatic carbocycles. The molecule has 0 spiro atoms. The van der Waals surface area contributed by atoms with Crippen LogP contribution < -0.4 is 10.6 Å². The van der Waals surface area contributed by atoms with Crippen LogP contribution in [0.5, 0.6) is 0 Å². The molecule has 0 saturated carbocycles. The normalized spacial score (nSPS) is 10.7. The Kier molecular flexibility index (Phi) is 5.69. The summed E-state index contributed by atoms with van der Waals surface area (Å²) < 4.78 is 1.88. The standard InChI is InChI=1S/C21H24N4O/c1-16(2)19-8-10-20(11-9-19)24-21(26)22-14-17-4-6-18(7-5-17)15-25-13-3-12-23-25/h3-13,16H,14-15H2,1-2H3,(H2,22,24,26). The van der Waals surface area contributed by atoms with E-state index in [2.05, 4.69) is 41.7 Å². The Morgan fingerprint density at radius 1 is 1.04 bits per heavy atom. The van der Waals surface area contributed by atoms with E-state index in [1.165, 1.54) is 11.1 Å². The van der Waals surface area contributed by atoms with Gasteiger partial charge >= 0.3 is 6.03 Å². The van der Waals surface area contributed by atoms with Gasteiger partial charge < -0.3 is 10.6 Å². The second-order valence-corrected chi connectivity index (χ2v) is 6.60. The van der Waals surface area contributed by atoms with Crippen LogP contribution in [0.1, 0.15) is 36.5 Å². The van der Waals surface area contributed by atoms with Gasteiger partial charge in [-0.2, -0.15) is 5.10 Å². The minimum atomic E-state index is -0.206. The second kappa shape index (κ2) is 8.34. The van der Waals surface area contributed by atoms with Crippen LogP contribution in [0.3, 0.4) is 0 Å². The SMILES string of the molecule is CC(C)c1ccc(NC(=O)NCc2ccc(Cn3cccn3)cc2)cc1. The number of benzene rings is 2. The van der Waals surface area contributed by atoms with Crippen LogP contribution >= 0.6 is 0 Å². The van der Waals surface area contributed by atoms with E-state index in [0.717, 1.165) is 17.8 Å². The number of carbonyl (C=O) groups is 1. The molecule has 2 N–H and O–H groups in total. The molecule has 5 nitrogen and oxygen atoms in total. The fourth-order valence-electron chi connectivity index (χ4n) is 2.65. The summed E-state index contributed by atoms with van der Waals surface area (Å²) in [5, 5.41) is 9.94. The zero-order chi connectivity index (χ0) is 18.4. The number of anilines is 1. The highest BCUT2D eigenvalue weighted by Gasteiger charge is 2.04. The number of nitrogens with one attached hydrogen (secondary N) is 2. The van der Waals surface area contributed by atoms with Crippen LogP contribution in [0, 0.1) is 0 Å². The average Bonchev–Trinajstić information content (AvgIpc) is 3.15. The van der Waals surface area contributed by atoms with Gasteiger partial charge in [0.05, 0.1) is 6.54 Å². The number of urea groups is 1. The summed E-state index contributed by atoms with van der Waals surface area (Å²) in [4.78, 5) is 12.0. The lowest BCUT2D eigenvalue weighted by Crippen LogP contribution is -2.28. The van der Waals surface area contributed by atoms with Gasteiger partial charge in [0.15, 0.2) is 0 Å². The molecule has 3 aromatic rings. The van der Waals surface area contributed by atoms with Gasteiger partial charge in [-0.1, -0.05) is 50.2 Å². The lowest BCUT2D eigenvalue weighted by atomic mass is 10.0. The van der Waals surface area contributed by atoms with E-state index >= 15 is 0 Å². The quantitative estimate of drug-likeness (QED) is 0.695. The van der Waals surface area contributed by atoms with Crippen LogP contribution in [0.2, 0.25) is 0 Å². The van der Waals surface area contributed by atoms with E-state index in [0.29, 0.717) is 12.5 Å². The van der Waals surface area contributed by atoms with E-state index < -0.39 is 0 Å². The van der Waals surface area contributed by atoms with Gasteiger partial charge in [0, 0.05) is 24.6 Å². The average molecular weight is 348 g/mol.